The van der Waals surface area contributed by atoms with E-state index in [1.54, 1.807) is 6.08 Å². The molecule has 1 rings (SSSR count). The smallest absolute Gasteiger partial charge is 0.0693 e. The molecule has 0 aromatic heterocycles. The Labute approximate surface area is 66.5 Å². The van der Waals surface area contributed by atoms with Gasteiger partial charge in [-0.2, -0.15) is 11.8 Å². The van der Waals surface area contributed by atoms with Crippen LogP contribution in [0, 0.1) is 0 Å². The van der Waals surface area contributed by atoms with Crippen LogP contribution in [0.2, 0.25) is 0 Å². The third-order valence-corrected chi connectivity index (χ3v) is 3.30. The van der Waals surface area contributed by atoms with Crippen molar-refractivity contribution in [1.29, 1.82) is 0 Å². The highest BCUT2D eigenvalue weighted by Gasteiger charge is 2.22. The van der Waals surface area contributed by atoms with Crippen LogP contribution in [0.25, 0.3) is 0 Å². The summed E-state index contributed by atoms with van der Waals surface area (Å²) in [5, 5.41) is 9.94. The average molecular weight is 158 g/mol. The van der Waals surface area contributed by atoms with E-state index >= 15 is 0 Å². The topological polar surface area (TPSA) is 20.2 Å². The maximum absolute atomic E-state index is 9.46. The number of rotatable bonds is 3. The Morgan fingerprint density at radius 3 is 3.10 bits per heavy atom. The fraction of sp³-hybridized carbons (Fsp3) is 0.750. The Bertz CT molecular complexity index is 108. The van der Waals surface area contributed by atoms with E-state index in [1.165, 1.54) is 18.6 Å². The third-order valence-electron chi connectivity index (χ3n) is 1.80. The number of aliphatic hydroxyl groups excluding tert-OH is 1. The van der Waals surface area contributed by atoms with Gasteiger partial charge in [0.25, 0.3) is 0 Å². The summed E-state index contributed by atoms with van der Waals surface area (Å²) >= 11 is 1.89. The molecule has 2 atom stereocenters. The Morgan fingerprint density at radius 2 is 2.60 bits per heavy atom. The Balaban J connectivity index is 2.24. The molecule has 0 aromatic rings. The summed E-state index contributed by atoms with van der Waals surface area (Å²) in [6, 6.07) is 0. The van der Waals surface area contributed by atoms with E-state index in [0.29, 0.717) is 5.25 Å². The number of aliphatic hydroxyl groups is 1. The van der Waals surface area contributed by atoms with Crippen molar-refractivity contribution in [1.82, 2.24) is 0 Å². The van der Waals surface area contributed by atoms with Gasteiger partial charge in [-0.1, -0.05) is 6.08 Å². The van der Waals surface area contributed by atoms with Gasteiger partial charge in [-0.15, -0.1) is 6.58 Å². The molecule has 2 heteroatoms. The van der Waals surface area contributed by atoms with Gasteiger partial charge in [-0.25, -0.2) is 0 Å². The fourth-order valence-corrected chi connectivity index (χ4v) is 2.53. The molecule has 1 nitrogen and oxygen atoms in total. The van der Waals surface area contributed by atoms with Crippen LogP contribution < -0.4 is 0 Å². The van der Waals surface area contributed by atoms with Crippen LogP contribution >= 0.6 is 11.8 Å². The highest BCUT2D eigenvalue weighted by Crippen LogP contribution is 2.29. The van der Waals surface area contributed by atoms with Crippen molar-refractivity contribution in [2.24, 2.45) is 0 Å². The molecule has 1 fully saturated rings. The molecule has 1 aliphatic heterocycles. The molecule has 1 saturated heterocycles. The molecule has 1 N–H and O–H groups in total. The number of hydrogen-bond donors (Lipinski definition) is 1. The van der Waals surface area contributed by atoms with Crippen molar-refractivity contribution < 1.29 is 5.11 Å². The summed E-state index contributed by atoms with van der Waals surface area (Å²) in [5.41, 5.74) is 0. The van der Waals surface area contributed by atoms with Gasteiger partial charge in [0, 0.05) is 5.25 Å². The molecule has 0 spiro atoms. The largest absolute Gasteiger partial charge is 0.392 e. The predicted octanol–water partition coefficient (Wildman–Crippen LogP) is 1.82. The van der Waals surface area contributed by atoms with Gasteiger partial charge in [0.05, 0.1) is 6.10 Å². The fourth-order valence-electron chi connectivity index (χ4n) is 1.23. The van der Waals surface area contributed by atoms with Gasteiger partial charge in [0.1, 0.15) is 0 Å². The van der Waals surface area contributed by atoms with Crippen LogP contribution in [0.1, 0.15) is 19.3 Å². The van der Waals surface area contributed by atoms with Crippen LogP contribution in [-0.2, 0) is 0 Å². The predicted molar refractivity (Wildman–Crippen MR) is 46.3 cm³/mol. The van der Waals surface area contributed by atoms with Gasteiger partial charge in [0.15, 0.2) is 0 Å². The lowest BCUT2D eigenvalue weighted by atomic mass is 10.1. The molecule has 0 bridgehead atoms. The van der Waals surface area contributed by atoms with E-state index < -0.39 is 0 Å². The second-order valence-electron chi connectivity index (χ2n) is 2.64. The molecule has 0 saturated carbocycles. The Hall–Kier alpha value is 0.0500. The molecule has 1 aliphatic rings. The Kier molecular flexibility index (Phi) is 3.29. The summed E-state index contributed by atoms with van der Waals surface area (Å²) in [6.45, 7) is 3.60. The molecule has 1 unspecified atom stereocenters. The molecule has 58 valence electrons. The van der Waals surface area contributed by atoms with Crippen molar-refractivity contribution in [2.75, 3.05) is 5.75 Å². The maximum atomic E-state index is 9.46. The van der Waals surface area contributed by atoms with Gasteiger partial charge < -0.3 is 5.11 Å². The van der Waals surface area contributed by atoms with Crippen molar-refractivity contribution >= 4 is 11.8 Å². The first-order valence-corrected chi connectivity index (χ1v) is 4.80. The summed E-state index contributed by atoms with van der Waals surface area (Å²) in [4.78, 5) is 0. The van der Waals surface area contributed by atoms with Crippen molar-refractivity contribution in [3.63, 3.8) is 0 Å². The second-order valence-corrected chi connectivity index (χ2v) is 3.99. The third kappa shape index (κ3) is 2.03. The van der Waals surface area contributed by atoms with Gasteiger partial charge in [-0.05, 0) is 25.0 Å². The van der Waals surface area contributed by atoms with E-state index in [-0.39, 0.29) is 6.10 Å². The minimum atomic E-state index is -0.148. The van der Waals surface area contributed by atoms with Crippen LogP contribution in [0.4, 0.5) is 0 Å². The minimum absolute atomic E-state index is 0.148. The summed E-state index contributed by atoms with van der Waals surface area (Å²) in [6.07, 6.45) is 4.84. The number of thioether (sulfide) groups is 1. The first-order valence-electron chi connectivity index (χ1n) is 3.75. The van der Waals surface area contributed by atoms with Crippen LogP contribution in [0.3, 0.4) is 0 Å². The molecular formula is C8H14OS. The van der Waals surface area contributed by atoms with E-state index in [1.807, 2.05) is 11.8 Å². The van der Waals surface area contributed by atoms with E-state index in [9.17, 15) is 5.11 Å². The Morgan fingerprint density at radius 1 is 1.80 bits per heavy atom. The SMILES string of the molecule is C=CC[C@@H](O)C1CCCS1. The lowest BCUT2D eigenvalue weighted by molar-refractivity contribution is 0.173. The zero-order valence-electron chi connectivity index (χ0n) is 6.12. The quantitative estimate of drug-likeness (QED) is 0.632. The van der Waals surface area contributed by atoms with E-state index in [0.717, 1.165) is 6.42 Å². The molecule has 10 heavy (non-hydrogen) atoms. The summed E-state index contributed by atoms with van der Waals surface area (Å²) in [5.74, 6) is 1.22. The highest BCUT2D eigenvalue weighted by atomic mass is 32.2. The summed E-state index contributed by atoms with van der Waals surface area (Å²) < 4.78 is 0. The van der Waals surface area contributed by atoms with Crippen LogP contribution in [-0.4, -0.2) is 22.2 Å². The molecule has 0 aromatic carbocycles. The van der Waals surface area contributed by atoms with Gasteiger partial charge in [0.2, 0.25) is 0 Å². The zero-order valence-corrected chi connectivity index (χ0v) is 6.94. The standard InChI is InChI=1S/C8H14OS/c1-2-4-7(9)8-5-3-6-10-8/h2,7-9H,1,3-6H2/t7-,8?/m1/s1. The van der Waals surface area contributed by atoms with Gasteiger partial charge >= 0.3 is 0 Å². The van der Waals surface area contributed by atoms with Crippen molar-refractivity contribution in [2.45, 2.75) is 30.6 Å². The van der Waals surface area contributed by atoms with Gasteiger partial charge in [-0.3, -0.25) is 0 Å². The van der Waals surface area contributed by atoms with Crippen molar-refractivity contribution in [3.8, 4) is 0 Å². The molecule has 0 radical (unpaired) electrons. The lowest BCUT2D eigenvalue weighted by Crippen LogP contribution is -2.19. The van der Waals surface area contributed by atoms with E-state index in [4.69, 9.17) is 0 Å². The van der Waals surface area contributed by atoms with Crippen molar-refractivity contribution in [3.05, 3.63) is 12.7 Å². The molecule has 0 aliphatic carbocycles. The summed E-state index contributed by atoms with van der Waals surface area (Å²) in [7, 11) is 0. The monoisotopic (exact) mass is 158 g/mol. The second kappa shape index (κ2) is 4.04. The average Bonchev–Trinajstić information content (AvgIpc) is 2.38. The minimum Gasteiger partial charge on any atom is -0.392 e. The maximum Gasteiger partial charge on any atom is 0.0693 e. The zero-order chi connectivity index (χ0) is 7.40. The molecule has 0 amide bonds. The van der Waals surface area contributed by atoms with E-state index in [2.05, 4.69) is 6.58 Å². The van der Waals surface area contributed by atoms with Crippen LogP contribution in [0.15, 0.2) is 12.7 Å². The van der Waals surface area contributed by atoms with Crippen LogP contribution in [0.5, 0.6) is 0 Å². The number of hydrogen-bond acceptors (Lipinski definition) is 2. The first-order chi connectivity index (χ1) is 4.84. The molecular weight excluding hydrogens is 144 g/mol. The first kappa shape index (κ1) is 8.15. The lowest BCUT2D eigenvalue weighted by Gasteiger charge is -2.14. The molecule has 1 heterocycles. The highest BCUT2D eigenvalue weighted by molar-refractivity contribution is 8.00. The normalized spacial score (nSPS) is 28.3.